The van der Waals surface area contributed by atoms with Crippen LogP contribution in [0.1, 0.15) is 30.5 Å². The first kappa shape index (κ1) is 19.7. The third-order valence-corrected chi connectivity index (χ3v) is 3.82. The van der Waals surface area contributed by atoms with Gasteiger partial charge in [-0.1, -0.05) is 54.6 Å². The lowest BCUT2D eigenvalue weighted by Crippen LogP contribution is -2.37. The van der Waals surface area contributed by atoms with Crippen LogP contribution in [-0.2, 0) is 33.9 Å². The molecule has 0 saturated carbocycles. The average Bonchev–Trinajstić information content (AvgIpc) is 2.64. The quantitative estimate of drug-likeness (QED) is 0.727. The summed E-state index contributed by atoms with van der Waals surface area (Å²) in [5, 5.41) is 5.48. The van der Waals surface area contributed by atoms with Crippen LogP contribution in [0.15, 0.2) is 54.6 Å². The largest absolute Gasteiger partial charge is 0.374 e. The summed E-state index contributed by atoms with van der Waals surface area (Å²) in [4.78, 5) is 23.9. The van der Waals surface area contributed by atoms with Crippen molar-refractivity contribution in [2.75, 3.05) is 6.54 Å². The number of hydrogen-bond donors (Lipinski definition) is 2. The van der Waals surface area contributed by atoms with Crippen LogP contribution in [0.2, 0.25) is 0 Å². The summed E-state index contributed by atoms with van der Waals surface area (Å²) in [6.45, 7) is 4.86. The van der Waals surface area contributed by atoms with E-state index in [1.54, 1.807) is 0 Å². The van der Waals surface area contributed by atoms with Crippen molar-refractivity contribution in [3.05, 3.63) is 71.3 Å². The van der Waals surface area contributed by atoms with Gasteiger partial charge in [0.2, 0.25) is 11.8 Å². The predicted molar refractivity (Wildman–Crippen MR) is 101 cm³/mol. The zero-order chi connectivity index (χ0) is 18.8. The normalized spacial score (nSPS) is 10.6. The molecule has 0 radical (unpaired) electrons. The minimum atomic E-state index is -0.217. The smallest absolute Gasteiger partial charge is 0.239 e. The minimum absolute atomic E-state index is 0.0314. The van der Waals surface area contributed by atoms with Crippen LogP contribution in [0.5, 0.6) is 0 Å². The van der Waals surface area contributed by atoms with Gasteiger partial charge in [0.15, 0.2) is 0 Å². The first-order valence-electron chi connectivity index (χ1n) is 8.80. The maximum Gasteiger partial charge on any atom is 0.239 e. The van der Waals surface area contributed by atoms with Crippen molar-refractivity contribution in [2.24, 2.45) is 0 Å². The molecule has 2 rings (SSSR count). The molecule has 0 heterocycles. The molecule has 0 bridgehead atoms. The van der Waals surface area contributed by atoms with Crippen LogP contribution in [0.3, 0.4) is 0 Å². The topological polar surface area (TPSA) is 67.4 Å². The van der Waals surface area contributed by atoms with Gasteiger partial charge in [-0.2, -0.15) is 0 Å². The molecule has 0 saturated heterocycles. The molecule has 0 aliphatic rings. The molecular formula is C21H26N2O3. The van der Waals surface area contributed by atoms with E-state index in [1.807, 2.05) is 68.4 Å². The van der Waals surface area contributed by atoms with E-state index >= 15 is 0 Å². The molecule has 0 fully saturated rings. The van der Waals surface area contributed by atoms with Crippen LogP contribution in [0.4, 0.5) is 0 Å². The molecule has 0 aliphatic carbocycles. The highest BCUT2D eigenvalue weighted by molar-refractivity contribution is 5.85. The first-order chi connectivity index (χ1) is 12.5. The lowest BCUT2D eigenvalue weighted by atomic mass is 10.1. The van der Waals surface area contributed by atoms with Gasteiger partial charge in [0.05, 0.1) is 25.7 Å². The molecule has 5 heteroatoms. The van der Waals surface area contributed by atoms with Crippen molar-refractivity contribution >= 4 is 11.8 Å². The van der Waals surface area contributed by atoms with Crippen molar-refractivity contribution < 1.29 is 14.3 Å². The second-order valence-electron chi connectivity index (χ2n) is 6.34. The maximum atomic E-state index is 12.0. The van der Waals surface area contributed by atoms with Gasteiger partial charge in [0.25, 0.3) is 0 Å². The van der Waals surface area contributed by atoms with Gasteiger partial charge in [-0.3, -0.25) is 9.59 Å². The van der Waals surface area contributed by atoms with Gasteiger partial charge >= 0.3 is 0 Å². The number of carbonyl (C=O) groups is 2. The van der Waals surface area contributed by atoms with Crippen molar-refractivity contribution in [3.63, 3.8) is 0 Å². The molecule has 2 aromatic rings. The fourth-order valence-corrected chi connectivity index (χ4v) is 2.41. The third kappa shape index (κ3) is 7.07. The molecule has 0 spiro atoms. The Balaban J connectivity index is 1.76. The number of carbonyl (C=O) groups excluding carboxylic acids is 2. The monoisotopic (exact) mass is 354 g/mol. The fraction of sp³-hybridized carbons (Fsp3) is 0.333. The van der Waals surface area contributed by atoms with E-state index in [4.69, 9.17) is 4.74 Å². The highest BCUT2D eigenvalue weighted by Gasteiger charge is 2.08. The number of nitrogens with one attached hydrogen (secondary N) is 2. The van der Waals surface area contributed by atoms with Crippen LogP contribution in [0.25, 0.3) is 0 Å². The lowest BCUT2D eigenvalue weighted by Gasteiger charge is -2.13. The predicted octanol–water partition coefficient (Wildman–Crippen LogP) is 2.59. The maximum absolute atomic E-state index is 12.0. The van der Waals surface area contributed by atoms with Crippen LogP contribution < -0.4 is 10.6 Å². The summed E-state index contributed by atoms with van der Waals surface area (Å²) < 4.78 is 5.64. The third-order valence-electron chi connectivity index (χ3n) is 3.82. The lowest BCUT2D eigenvalue weighted by molar-refractivity contribution is -0.125. The van der Waals surface area contributed by atoms with E-state index in [1.165, 1.54) is 0 Å². The van der Waals surface area contributed by atoms with Crippen molar-refractivity contribution in [2.45, 2.75) is 39.5 Å². The molecule has 26 heavy (non-hydrogen) atoms. The summed E-state index contributed by atoms with van der Waals surface area (Å²) in [5.74, 6) is -0.386. The summed E-state index contributed by atoms with van der Waals surface area (Å²) in [6.07, 6.45) is 0.418. The Morgan fingerprint density at radius 3 is 2.23 bits per heavy atom. The van der Waals surface area contributed by atoms with Gasteiger partial charge in [-0.05, 0) is 30.5 Å². The zero-order valence-electron chi connectivity index (χ0n) is 15.3. The van der Waals surface area contributed by atoms with Gasteiger partial charge in [-0.25, -0.2) is 0 Å². The van der Waals surface area contributed by atoms with E-state index < -0.39 is 0 Å². The molecule has 0 aliphatic heterocycles. The Bertz CT molecular complexity index is 714. The SMILES string of the molecule is CC(C)OCc1ccccc1CNC(=O)CNC(=O)Cc1ccccc1. The zero-order valence-corrected chi connectivity index (χ0v) is 15.3. The fourth-order valence-electron chi connectivity index (χ4n) is 2.41. The van der Waals surface area contributed by atoms with Crippen molar-refractivity contribution in [1.29, 1.82) is 0 Å². The van der Waals surface area contributed by atoms with Gasteiger partial charge < -0.3 is 15.4 Å². The van der Waals surface area contributed by atoms with Crippen LogP contribution in [0, 0.1) is 0 Å². The Hall–Kier alpha value is -2.66. The Morgan fingerprint density at radius 1 is 0.885 bits per heavy atom. The Morgan fingerprint density at radius 2 is 1.54 bits per heavy atom. The minimum Gasteiger partial charge on any atom is -0.374 e. The van der Waals surface area contributed by atoms with Crippen LogP contribution >= 0.6 is 0 Å². The van der Waals surface area contributed by atoms with Crippen molar-refractivity contribution in [3.8, 4) is 0 Å². The van der Waals surface area contributed by atoms with E-state index in [2.05, 4.69) is 10.6 Å². The molecular weight excluding hydrogens is 328 g/mol. The first-order valence-corrected chi connectivity index (χ1v) is 8.80. The summed E-state index contributed by atoms with van der Waals surface area (Å²) in [6, 6.07) is 17.3. The van der Waals surface area contributed by atoms with E-state index in [0.29, 0.717) is 13.2 Å². The number of benzene rings is 2. The summed E-state index contributed by atoms with van der Waals surface area (Å²) >= 11 is 0. The van der Waals surface area contributed by atoms with Crippen molar-refractivity contribution in [1.82, 2.24) is 10.6 Å². The summed E-state index contributed by atoms with van der Waals surface area (Å²) in [5.41, 5.74) is 2.98. The molecule has 2 amide bonds. The number of hydrogen-bond acceptors (Lipinski definition) is 3. The molecule has 2 aromatic carbocycles. The molecule has 138 valence electrons. The Labute approximate surface area is 154 Å². The number of amides is 2. The molecule has 2 N–H and O–H groups in total. The van der Waals surface area contributed by atoms with Crippen LogP contribution in [-0.4, -0.2) is 24.5 Å². The van der Waals surface area contributed by atoms with Gasteiger partial charge in [0.1, 0.15) is 0 Å². The van der Waals surface area contributed by atoms with Gasteiger partial charge in [-0.15, -0.1) is 0 Å². The van der Waals surface area contributed by atoms with Gasteiger partial charge in [0, 0.05) is 6.54 Å². The average molecular weight is 354 g/mol. The number of rotatable bonds is 9. The number of ether oxygens (including phenoxy) is 1. The van der Waals surface area contributed by atoms with E-state index in [0.717, 1.165) is 16.7 Å². The van der Waals surface area contributed by atoms with E-state index in [9.17, 15) is 9.59 Å². The standard InChI is InChI=1S/C21H26N2O3/c1-16(2)26-15-19-11-7-6-10-18(19)13-22-21(25)14-23-20(24)12-17-8-4-3-5-9-17/h3-11,16H,12-15H2,1-2H3,(H,22,25)(H,23,24). The molecule has 0 atom stereocenters. The highest BCUT2D eigenvalue weighted by Crippen LogP contribution is 2.11. The molecule has 5 nitrogen and oxygen atoms in total. The Kier molecular flexibility index (Phi) is 7.83. The second-order valence-corrected chi connectivity index (χ2v) is 6.34. The summed E-state index contributed by atoms with van der Waals surface area (Å²) in [7, 11) is 0. The second kappa shape index (κ2) is 10.4. The molecule has 0 unspecified atom stereocenters. The molecule has 0 aromatic heterocycles. The van der Waals surface area contributed by atoms with E-state index in [-0.39, 0.29) is 30.9 Å². The highest BCUT2D eigenvalue weighted by atomic mass is 16.5.